The summed E-state index contributed by atoms with van der Waals surface area (Å²) in [6.07, 6.45) is 1.48. The summed E-state index contributed by atoms with van der Waals surface area (Å²) in [7, 11) is 0.0664. The van der Waals surface area contributed by atoms with Gasteiger partial charge in [-0.3, -0.25) is 9.23 Å². The molecule has 132 valence electrons. The molecule has 2 atom stereocenters. The van der Waals surface area contributed by atoms with Crippen LogP contribution in [0.1, 0.15) is 23.3 Å². The Kier molecular flexibility index (Phi) is 3.65. The Morgan fingerprint density at radius 3 is 2.71 bits per heavy atom. The third-order valence-corrected chi connectivity index (χ3v) is 4.36. The van der Waals surface area contributed by atoms with Crippen molar-refractivity contribution in [3.63, 3.8) is 0 Å². The maximum Gasteiger partial charge on any atom is 0.418 e. The van der Waals surface area contributed by atoms with E-state index in [1.807, 2.05) is 0 Å². The minimum Gasteiger partial charge on any atom is -0.409 e. The molecule has 2 aliphatic rings. The highest BCUT2D eigenvalue weighted by molar-refractivity contribution is 7.80. The number of urea groups is 1. The van der Waals surface area contributed by atoms with E-state index in [9.17, 15) is 18.4 Å². The standard InChI is InChI=1S/C11H16N6O6S/c1-14(2)10(13-19)9-8-6(4-12-15(8)3)7-5-16(9)11(18)17(7)23-24(20,21)22/h4,7,9,19H,5H2,1-3H3,(H,20,21,22)/b13-10-/t7-,9-/m0/s1. The molecule has 2 amide bonds. The molecule has 1 saturated heterocycles. The molecule has 0 unspecified atom stereocenters. The fourth-order valence-electron chi connectivity index (χ4n) is 3.08. The van der Waals surface area contributed by atoms with Gasteiger partial charge >= 0.3 is 16.4 Å². The molecule has 3 heterocycles. The van der Waals surface area contributed by atoms with E-state index in [1.165, 1.54) is 20.7 Å². The van der Waals surface area contributed by atoms with Crippen LogP contribution in [-0.4, -0.2) is 75.3 Å². The first-order chi connectivity index (χ1) is 11.2. The van der Waals surface area contributed by atoms with Crippen LogP contribution in [0.3, 0.4) is 0 Å². The summed E-state index contributed by atoms with van der Waals surface area (Å²) in [5, 5.41) is 17.3. The first-order valence-electron chi connectivity index (χ1n) is 6.83. The number of rotatable bonds is 3. The van der Waals surface area contributed by atoms with Gasteiger partial charge in [-0.25, -0.2) is 4.79 Å². The second-order valence-corrected chi connectivity index (χ2v) is 6.65. The second kappa shape index (κ2) is 5.32. The van der Waals surface area contributed by atoms with Gasteiger partial charge in [0.25, 0.3) is 0 Å². The fraction of sp³-hybridized carbons (Fsp3) is 0.545. The van der Waals surface area contributed by atoms with Crippen molar-refractivity contribution in [2.24, 2.45) is 12.2 Å². The van der Waals surface area contributed by atoms with Gasteiger partial charge in [0, 0.05) is 26.7 Å². The Labute approximate surface area is 137 Å². The van der Waals surface area contributed by atoms with E-state index in [0.717, 1.165) is 0 Å². The lowest BCUT2D eigenvalue weighted by atomic mass is 9.97. The maximum atomic E-state index is 12.6. The van der Waals surface area contributed by atoms with Gasteiger partial charge in [-0.2, -0.15) is 18.6 Å². The summed E-state index contributed by atoms with van der Waals surface area (Å²) in [6.45, 7) is 0.0879. The minimum absolute atomic E-state index is 0.0879. The maximum absolute atomic E-state index is 12.6. The number of carbonyl (C=O) groups is 1. The number of amides is 2. The lowest BCUT2D eigenvalue weighted by molar-refractivity contribution is -0.0316. The Balaban J connectivity index is 2.14. The molecule has 13 heteroatoms. The molecule has 3 rings (SSSR count). The summed E-state index contributed by atoms with van der Waals surface area (Å²) in [6, 6.07) is -2.32. The van der Waals surface area contributed by atoms with Gasteiger partial charge in [-0.05, 0) is 0 Å². The third kappa shape index (κ3) is 2.37. The third-order valence-electron chi connectivity index (χ3n) is 4.01. The highest BCUT2D eigenvalue weighted by Crippen LogP contribution is 2.44. The van der Waals surface area contributed by atoms with E-state index in [0.29, 0.717) is 16.3 Å². The van der Waals surface area contributed by atoms with Crippen molar-refractivity contribution < 1.29 is 27.3 Å². The predicted molar refractivity (Wildman–Crippen MR) is 78.2 cm³/mol. The number of likely N-dealkylation sites (N-methyl/N-ethyl adjacent to an activating group) is 1. The summed E-state index contributed by atoms with van der Waals surface area (Å²) >= 11 is 0. The number of nitrogens with zero attached hydrogens (tertiary/aromatic N) is 6. The molecule has 0 radical (unpaired) electrons. The van der Waals surface area contributed by atoms with Gasteiger partial charge in [-0.1, -0.05) is 5.16 Å². The van der Waals surface area contributed by atoms with E-state index in [4.69, 9.17) is 4.55 Å². The molecule has 12 nitrogen and oxygen atoms in total. The van der Waals surface area contributed by atoms with Gasteiger partial charge in [0.2, 0.25) is 0 Å². The van der Waals surface area contributed by atoms with Crippen molar-refractivity contribution in [2.45, 2.75) is 12.1 Å². The molecule has 1 aromatic rings. The number of oxime groups is 1. The van der Waals surface area contributed by atoms with Crippen LogP contribution in [0.5, 0.6) is 0 Å². The van der Waals surface area contributed by atoms with Crippen molar-refractivity contribution in [3.05, 3.63) is 17.5 Å². The molecule has 0 aliphatic carbocycles. The Hall–Kier alpha value is -2.38. The fourth-order valence-corrected chi connectivity index (χ4v) is 3.45. The van der Waals surface area contributed by atoms with E-state index in [-0.39, 0.29) is 12.4 Å². The summed E-state index contributed by atoms with van der Waals surface area (Å²) in [4.78, 5) is 15.4. The number of hydroxylamine groups is 2. The van der Waals surface area contributed by atoms with Crippen LogP contribution in [0.25, 0.3) is 0 Å². The number of amidine groups is 1. The van der Waals surface area contributed by atoms with Crippen LogP contribution in [0.2, 0.25) is 0 Å². The highest BCUT2D eigenvalue weighted by Gasteiger charge is 2.53. The highest BCUT2D eigenvalue weighted by atomic mass is 32.3. The molecule has 0 spiro atoms. The average Bonchev–Trinajstić information content (AvgIpc) is 2.96. The van der Waals surface area contributed by atoms with Crippen LogP contribution in [0.15, 0.2) is 11.4 Å². The summed E-state index contributed by atoms with van der Waals surface area (Å²) in [5.74, 6) is 0.167. The van der Waals surface area contributed by atoms with Crippen LogP contribution in [-0.2, 0) is 21.7 Å². The normalized spacial score (nSPS) is 23.7. The Bertz CT molecular complexity index is 817. The van der Waals surface area contributed by atoms with E-state index < -0.39 is 28.5 Å². The zero-order valence-corrected chi connectivity index (χ0v) is 13.9. The number of fused-ring (bicyclic) bond motifs is 4. The smallest absolute Gasteiger partial charge is 0.409 e. The zero-order valence-electron chi connectivity index (χ0n) is 13.1. The van der Waals surface area contributed by atoms with Crippen molar-refractivity contribution in [1.29, 1.82) is 0 Å². The van der Waals surface area contributed by atoms with Crippen LogP contribution in [0.4, 0.5) is 4.79 Å². The monoisotopic (exact) mass is 360 g/mol. The number of hydrogen-bond acceptors (Lipinski definition) is 7. The van der Waals surface area contributed by atoms with Crippen LogP contribution >= 0.6 is 0 Å². The molecule has 2 N–H and O–H groups in total. The topological polar surface area (TPSA) is 141 Å². The molecule has 2 aliphatic heterocycles. The van der Waals surface area contributed by atoms with Crippen molar-refractivity contribution in [1.82, 2.24) is 24.6 Å². The molecular weight excluding hydrogens is 344 g/mol. The molecular formula is C11H16N6O6S. The minimum atomic E-state index is -4.87. The molecule has 2 bridgehead atoms. The van der Waals surface area contributed by atoms with E-state index in [1.54, 1.807) is 21.1 Å². The summed E-state index contributed by atoms with van der Waals surface area (Å²) in [5.41, 5.74) is 1.10. The van der Waals surface area contributed by atoms with Gasteiger partial charge in [0.15, 0.2) is 5.84 Å². The average molecular weight is 360 g/mol. The van der Waals surface area contributed by atoms with Gasteiger partial charge < -0.3 is 15.0 Å². The van der Waals surface area contributed by atoms with Crippen LogP contribution < -0.4 is 0 Å². The number of aromatic nitrogens is 2. The molecule has 0 saturated carbocycles. The largest absolute Gasteiger partial charge is 0.418 e. The summed E-state index contributed by atoms with van der Waals surface area (Å²) < 4.78 is 37.0. The van der Waals surface area contributed by atoms with Gasteiger partial charge in [0.1, 0.15) is 12.1 Å². The number of carbonyl (C=O) groups excluding carboxylic acids is 1. The predicted octanol–water partition coefficient (Wildman–Crippen LogP) is -0.663. The van der Waals surface area contributed by atoms with E-state index >= 15 is 0 Å². The van der Waals surface area contributed by atoms with Crippen molar-refractivity contribution >= 4 is 22.3 Å². The van der Waals surface area contributed by atoms with Gasteiger partial charge in [0.05, 0.1) is 18.4 Å². The first-order valence-corrected chi connectivity index (χ1v) is 8.20. The Morgan fingerprint density at radius 1 is 1.50 bits per heavy atom. The molecule has 1 fully saturated rings. The SMILES string of the molecule is CN(C)/C(=N\O)[C@@H]1c2c(cnn2C)[C@@H]2CN1C(=O)N2OS(=O)(=O)O. The lowest BCUT2D eigenvalue weighted by Crippen LogP contribution is -2.44. The number of aryl methyl sites for hydroxylation is 1. The van der Waals surface area contributed by atoms with E-state index in [2.05, 4.69) is 14.5 Å². The lowest BCUT2D eigenvalue weighted by Gasteiger charge is -2.33. The molecule has 1 aromatic heterocycles. The van der Waals surface area contributed by atoms with Crippen LogP contribution in [0, 0.1) is 0 Å². The first kappa shape index (κ1) is 16.5. The zero-order chi connectivity index (χ0) is 17.8. The van der Waals surface area contributed by atoms with Crippen molar-refractivity contribution in [3.8, 4) is 0 Å². The molecule has 24 heavy (non-hydrogen) atoms. The van der Waals surface area contributed by atoms with Crippen molar-refractivity contribution in [2.75, 3.05) is 20.6 Å². The van der Waals surface area contributed by atoms with Gasteiger partial charge in [-0.15, -0.1) is 4.28 Å². The molecule has 0 aromatic carbocycles. The second-order valence-electron chi connectivity index (χ2n) is 5.64. The number of hydrogen-bond donors (Lipinski definition) is 2. The quantitative estimate of drug-likeness (QED) is 0.238. The Morgan fingerprint density at radius 2 is 2.17 bits per heavy atom.